The molecule has 7 nitrogen and oxygen atoms in total. The molecular formula is C16H27N3O4. The largest absolute Gasteiger partial charge is 0.377 e. The maximum Gasteiger partial charge on any atom is 0.320 e. The molecule has 0 saturated carbocycles. The second-order valence-corrected chi connectivity index (χ2v) is 6.85. The van der Waals surface area contributed by atoms with Crippen molar-refractivity contribution in [2.45, 2.75) is 44.3 Å². The summed E-state index contributed by atoms with van der Waals surface area (Å²) in [4.78, 5) is 27.6. The third-order valence-electron chi connectivity index (χ3n) is 4.91. The molecule has 0 radical (unpaired) electrons. The Balaban J connectivity index is 1.60. The second-order valence-electron chi connectivity index (χ2n) is 6.85. The molecule has 0 aromatic rings. The quantitative estimate of drug-likeness (QED) is 0.806. The van der Waals surface area contributed by atoms with Crippen molar-refractivity contribution in [1.29, 1.82) is 0 Å². The van der Waals surface area contributed by atoms with Crippen molar-refractivity contribution in [2.75, 3.05) is 45.9 Å². The number of urea groups is 1. The number of hydrogen-bond acceptors (Lipinski definition) is 4. The highest BCUT2D eigenvalue weighted by atomic mass is 16.6. The number of carbonyl (C=O) groups excluding carboxylic acids is 2. The van der Waals surface area contributed by atoms with Crippen molar-refractivity contribution in [3.05, 3.63) is 0 Å². The van der Waals surface area contributed by atoms with E-state index in [9.17, 15) is 9.59 Å². The van der Waals surface area contributed by atoms with Crippen LogP contribution in [0.5, 0.6) is 0 Å². The van der Waals surface area contributed by atoms with E-state index in [0.717, 1.165) is 38.8 Å². The predicted molar refractivity (Wildman–Crippen MR) is 84.1 cm³/mol. The van der Waals surface area contributed by atoms with Gasteiger partial charge < -0.3 is 24.6 Å². The van der Waals surface area contributed by atoms with Crippen LogP contribution >= 0.6 is 0 Å². The monoisotopic (exact) mass is 325 g/mol. The Bertz CT molecular complexity index is 453. The van der Waals surface area contributed by atoms with Gasteiger partial charge in [-0.3, -0.25) is 4.79 Å². The van der Waals surface area contributed by atoms with Crippen LogP contribution in [0.1, 0.15) is 32.6 Å². The van der Waals surface area contributed by atoms with Gasteiger partial charge in [-0.05, 0) is 25.7 Å². The average molecular weight is 325 g/mol. The Morgan fingerprint density at radius 1 is 1.22 bits per heavy atom. The van der Waals surface area contributed by atoms with Crippen LogP contribution in [0.25, 0.3) is 0 Å². The maximum absolute atomic E-state index is 12.7. The van der Waals surface area contributed by atoms with Crippen LogP contribution in [-0.4, -0.2) is 79.4 Å². The summed E-state index contributed by atoms with van der Waals surface area (Å²) in [6, 6.07) is 0.112. The van der Waals surface area contributed by atoms with E-state index in [1.165, 1.54) is 6.92 Å². The molecule has 2 atom stereocenters. The highest BCUT2D eigenvalue weighted by molar-refractivity contribution is 5.75. The molecule has 3 saturated heterocycles. The summed E-state index contributed by atoms with van der Waals surface area (Å²) in [5.74, 6) is -0.0440. The van der Waals surface area contributed by atoms with E-state index in [-0.39, 0.29) is 18.0 Å². The summed E-state index contributed by atoms with van der Waals surface area (Å²) >= 11 is 0. The molecule has 3 aliphatic rings. The van der Waals surface area contributed by atoms with Gasteiger partial charge in [0, 0.05) is 33.1 Å². The van der Waals surface area contributed by atoms with Gasteiger partial charge in [0.15, 0.2) is 0 Å². The van der Waals surface area contributed by atoms with Crippen molar-refractivity contribution in [3.8, 4) is 0 Å². The summed E-state index contributed by atoms with van der Waals surface area (Å²) in [6.07, 6.45) is 3.94. The molecule has 3 aliphatic heterocycles. The summed E-state index contributed by atoms with van der Waals surface area (Å²) in [6.45, 7) is 6.03. The fourth-order valence-corrected chi connectivity index (χ4v) is 3.70. The lowest BCUT2D eigenvalue weighted by Crippen LogP contribution is -2.50. The first-order valence-corrected chi connectivity index (χ1v) is 8.62. The van der Waals surface area contributed by atoms with Crippen molar-refractivity contribution in [1.82, 2.24) is 15.1 Å². The Morgan fingerprint density at radius 3 is 2.74 bits per heavy atom. The van der Waals surface area contributed by atoms with Crippen LogP contribution < -0.4 is 5.32 Å². The van der Waals surface area contributed by atoms with Crippen LogP contribution in [0.3, 0.4) is 0 Å². The Hall–Kier alpha value is -1.34. The molecule has 0 aromatic carbocycles. The lowest BCUT2D eigenvalue weighted by atomic mass is 10.00. The highest BCUT2D eigenvalue weighted by Gasteiger charge is 2.44. The van der Waals surface area contributed by atoms with E-state index >= 15 is 0 Å². The number of nitrogens with zero attached hydrogens (tertiary/aromatic N) is 2. The van der Waals surface area contributed by atoms with Gasteiger partial charge in [0.25, 0.3) is 0 Å². The normalized spacial score (nSPS) is 31.4. The number of carbonyl (C=O) groups is 2. The summed E-state index contributed by atoms with van der Waals surface area (Å²) in [7, 11) is 0. The summed E-state index contributed by atoms with van der Waals surface area (Å²) < 4.78 is 11.9. The molecule has 0 aliphatic carbocycles. The molecule has 1 N–H and O–H groups in total. The molecule has 0 aromatic heterocycles. The lowest BCUT2D eigenvalue weighted by molar-refractivity contribution is -0.120. The standard InChI is InChI=1S/C16H27N3O4/c1-13(20)17-10-14-4-5-16(23-14)11-19(8-9-22-12-16)15(21)18-6-2-3-7-18/h14H,2-12H2,1H3,(H,17,20)/t14-,16-/m0/s1. The first-order valence-electron chi connectivity index (χ1n) is 8.62. The highest BCUT2D eigenvalue weighted by Crippen LogP contribution is 2.33. The van der Waals surface area contributed by atoms with E-state index in [1.807, 2.05) is 9.80 Å². The smallest absolute Gasteiger partial charge is 0.320 e. The van der Waals surface area contributed by atoms with E-state index in [0.29, 0.717) is 32.8 Å². The Labute approximate surface area is 137 Å². The van der Waals surface area contributed by atoms with Gasteiger partial charge in [-0.2, -0.15) is 0 Å². The van der Waals surface area contributed by atoms with Crippen molar-refractivity contribution >= 4 is 11.9 Å². The fourth-order valence-electron chi connectivity index (χ4n) is 3.70. The number of nitrogens with one attached hydrogen (secondary N) is 1. The molecule has 0 bridgehead atoms. The predicted octanol–water partition coefficient (Wildman–Crippen LogP) is 0.588. The number of ether oxygens (including phenoxy) is 2. The molecule has 7 heteroatoms. The lowest BCUT2D eigenvalue weighted by Gasteiger charge is -2.33. The van der Waals surface area contributed by atoms with Crippen LogP contribution in [0, 0.1) is 0 Å². The number of amides is 3. The fraction of sp³-hybridized carbons (Fsp3) is 0.875. The van der Waals surface area contributed by atoms with Crippen LogP contribution in [0.2, 0.25) is 0 Å². The zero-order valence-corrected chi connectivity index (χ0v) is 13.9. The van der Waals surface area contributed by atoms with Gasteiger partial charge in [0.1, 0.15) is 5.60 Å². The molecule has 23 heavy (non-hydrogen) atoms. The third-order valence-corrected chi connectivity index (χ3v) is 4.91. The zero-order chi connectivity index (χ0) is 16.3. The van der Waals surface area contributed by atoms with Crippen molar-refractivity contribution in [2.24, 2.45) is 0 Å². The van der Waals surface area contributed by atoms with Crippen molar-refractivity contribution < 1.29 is 19.1 Å². The van der Waals surface area contributed by atoms with Crippen LogP contribution in [0.4, 0.5) is 4.79 Å². The Morgan fingerprint density at radius 2 is 2.00 bits per heavy atom. The van der Waals surface area contributed by atoms with Gasteiger partial charge >= 0.3 is 6.03 Å². The van der Waals surface area contributed by atoms with Crippen molar-refractivity contribution in [3.63, 3.8) is 0 Å². The van der Waals surface area contributed by atoms with E-state index in [4.69, 9.17) is 9.47 Å². The topological polar surface area (TPSA) is 71.1 Å². The number of hydrogen-bond donors (Lipinski definition) is 1. The molecule has 1 spiro atoms. The third kappa shape index (κ3) is 3.95. The van der Waals surface area contributed by atoms with Crippen LogP contribution in [-0.2, 0) is 14.3 Å². The average Bonchev–Trinajstić information content (AvgIpc) is 3.13. The minimum Gasteiger partial charge on any atom is -0.377 e. The molecule has 3 fully saturated rings. The molecule has 0 unspecified atom stereocenters. The maximum atomic E-state index is 12.7. The van der Waals surface area contributed by atoms with Gasteiger partial charge in [-0.15, -0.1) is 0 Å². The molecule has 3 rings (SSSR count). The second kappa shape index (κ2) is 7.05. The first kappa shape index (κ1) is 16.5. The molecular weight excluding hydrogens is 298 g/mol. The minimum atomic E-state index is -0.422. The van der Waals surface area contributed by atoms with E-state index in [2.05, 4.69) is 5.32 Å². The zero-order valence-electron chi connectivity index (χ0n) is 13.9. The Kier molecular flexibility index (Phi) is 5.06. The van der Waals surface area contributed by atoms with E-state index < -0.39 is 5.60 Å². The number of rotatable bonds is 2. The summed E-state index contributed by atoms with van der Waals surface area (Å²) in [5.41, 5.74) is -0.422. The van der Waals surface area contributed by atoms with Gasteiger partial charge in [-0.1, -0.05) is 0 Å². The van der Waals surface area contributed by atoms with Crippen LogP contribution in [0.15, 0.2) is 0 Å². The minimum absolute atomic E-state index is 0.00402. The molecule has 3 amide bonds. The SMILES string of the molecule is CC(=O)NC[C@@H]1CC[C@]2(COCCN(C(=O)N3CCCC3)C2)O1. The summed E-state index contributed by atoms with van der Waals surface area (Å²) in [5, 5.41) is 2.81. The van der Waals surface area contributed by atoms with Gasteiger partial charge in [0.2, 0.25) is 5.91 Å². The molecule has 130 valence electrons. The van der Waals surface area contributed by atoms with E-state index in [1.54, 1.807) is 0 Å². The van der Waals surface area contributed by atoms with Gasteiger partial charge in [0.05, 0.1) is 25.9 Å². The van der Waals surface area contributed by atoms with Gasteiger partial charge in [-0.25, -0.2) is 4.79 Å². The molecule has 3 heterocycles. The number of likely N-dealkylation sites (tertiary alicyclic amines) is 1. The first-order chi connectivity index (χ1) is 11.1.